The number of aromatic amines is 1. The maximum Gasteiger partial charge on any atom is 0.270 e. The zero-order valence-electron chi connectivity index (χ0n) is 14.8. The van der Waals surface area contributed by atoms with Gasteiger partial charge in [0.05, 0.1) is 21.0 Å². The maximum absolute atomic E-state index is 12.6. The van der Waals surface area contributed by atoms with Crippen LogP contribution in [0.4, 0.5) is 11.4 Å². The molecule has 0 saturated carbocycles. The first kappa shape index (κ1) is 18.2. The van der Waals surface area contributed by atoms with Crippen LogP contribution in [0.5, 0.6) is 0 Å². The first-order valence-electron chi connectivity index (χ1n) is 8.87. The van der Waals surface area contributed by atoms with E-state index in [-0.39, 0.29) is 21.8 Å². The lowest BCUT2D eigenvalue weighted by Gasteiger charge is -2.17. The van der Waals surface area contributed by atoms with E-state index in [2.05, 4.69) is 10.3 Å². The summed E-state index contributed by atoms with van der Waals surface area (Å²) >= 11 is 6.03. The molecule has 2 aromatic carbocycles. The second-order valence-corrected chi connectivity index (χ2v) is 7.16. The third-order valence-corrected chi connectivity index (χ3v) is 5.33. The Kier molecular flexibility index (Phi) is 4.60. The molecule has 0 fully saturated rings. The molecule has 7 nitrogen and oxygen atoms in total. The van der Waals surface area contributed by atoms with Crippen LogP contribution in [0.25, 0.3) is 10.9 Å². The number of hydrogen-bond acceptors (Lipinski definition) is 4. The van der Waals surface area contributed by atoms with Crippen LogP contribution in [0.3, 0.4) is 0 Å². The standard InChI is InChI=1S/C20H16ClN3O4/c21-17-8-6-12(24(27)28)10-16(17)20(26)22-11-5-7-14-13-3-1-2-4-15(13)19(25)23-18(14)9-11/h5-10H,1-4H2,(H,22,26)(H,23,25). The summed E-state index contributed by atoms with van der Waals surface area (Å²) in [6.45, 7) is 0. The predicted octanol–water partition coefficient (Wildman–Crippen LogP) is 4.22. The molecule has 0 spiro atoms. The molecule has 3 aromatic rings. The number of rotatable bonds is 3. The third kappa shape index (κ3) is 3.25. The summed E-state index contributed by atoms with van der Waals surface area (Å²) in [5, 5.41) is 14.7. The number of benzene rings is 2. The number of nitrogens with zero attached hydrogens (tertiary/aromatic N) is 1. The van der Waals surface area contributed by atoms with E-state index in [1.807, 2.05) is 6.07 Å². The minimum Gasteiger partial charge on any atom is -0.322 e. The van der Waals surface area contributed by atoms with Crippen LogP contribution in [-0.4, -0.2) is 15.8 Å². The summed E-state index contributed by atoms with van der Waals surface area (Å²) in [5.41, 5.74) is 2.73. The van der Waals surface area contributed by atoms with E-state index in [0.717, 1.165) is 48.3 Å². The Morgan fingerprint density at radius 2 is 1.86 bits per heavy atom. The van der Waals surface area contributed by atoms with Crippen molar-refractivity contribution in [2.45, 2.75) is 25.7 Å². The lowest BCUT2D eigenvalue weighted by Crippen LogP contribution is -2.19. The molecule has 1 aromatic heterocycles. The largest absolute Gasteiger partial charge is 0.322 e. The lowest BCUT2D eigenvalue weighted by atomic mass is 9.90. The van der Waals surface area contributed by atoms with E-state index < -0.39 is 10.8 Å². The van der Waals surface area contributed by atoms with Crippen molar-refractivity contribution in [1.29, 1.82) is 0 Å². The van der Waals surface area contributed by atoms with Crippen molar-refractivity contribution >= 4 is 39.8 Å². The van der Waals surface area contributed by atoms with Crippen molar-refractivity contribution in [3.8, 4) is 0 Å². The van der Waals surface area contributed by atoms with Gasteiger partial charge in [-0.15, -0.1) is 0 Å². The summed E-state index contributed by atoms with van der Waals surface area (Å²) in [6.07, 6.45) is 3.71. The molecule has 4 rings (SSSR count). The van der Waals surface area contributed by atoms with Gasteiger partial charge in [-0.3, -0.25) is 19.7 Å². The number of pyridine rings is 1. The van der Waals surface area contributed by atoms with Crippen molar-refractivity contribution in [2.24, 2.45) is 0 Å². The Hall–Kier alpha value is -3.19. The van der Waals surface area contributed by atoms with Gasteiger partial charge >= 0.3 is 0 Å². The number of nitrogens with one attached hydrogen (secondary N) is 2. The van der Waals surface area contributed by atoms with E-state index >= 15 is 0 Å². The van der Waals surface area contributed by atoms with Crippen molar-refractivity contribution < 1.29 is 9.72 Å². The van der Waals surface area contributed by atoms with Crippen molar-refractivity contribution in [2.75, 3.05) is 5.32 Å². The number of amides is 1. The number of carbonyl (C=O) groups excluding carboxylic acids is 1. The molecule has 142 valence electrons. The number of anilines is 1. The fourth-order valence-corrected chi connectivity index (χ4v) is 3.84. The van der Waals surface area contributed by atoms with Gasteiger partial charge in [-0.25, -0.2) is 0 Å². The first-order chi connectivity index (χ1) is 13.4. The van der Waals surface area contributed by atoms with E-state index in [1.54, 1.807) is 12.1 Å². The zero-order valence-corrected chi connectivity index (χ0v) is 15.5. The van der Waals surface area contributed by atoms with E-state index in [1.165, 1.54) is 12.1 Å². The molecule has 8 heteroatoms. The molecule has 2 N–H and O–H groups in total. The Labute approximate surface area is 164 Å². The highest BCUT2D eigenvalue weighted by atomic mass is 35.5. The van der Waals surface area contributed by atoms with Gasteiger partial charge in [-0.05, 0) is 49.4 Å². The fourth-order valence-electron chi connectivity index (χ4n) is 3.64. The predicted molar refractivity (Wildman–Crippen MR) is 107 cm³/mol. The molecule has 0 unspecified atom stereocenters. The van der Waals surface area contributed by atoms with Crippen LogP contribution in [0.15, 0.2) is 41.2 Å². The van der Waals surface area contributed by atoms with Gasteiger partial charge < -0.3 is 10.3 Å². The molecular weight excluding hydrogens is 382 g/mol. The highest BCUT2D eigenvalue weighted by Crippen LogP contribution is 2.28. The number of non-ortho nitro benzene ring substituents is 1. The van der Waals surface area contributed by atoms with Crippen molar-refractivity contribution in [3.63, 3.8) is 0 Å². The monoisotopic (exact) mass is 397 g/mol. The van der Waals surface area contributed by atoms with E-state index in [4.69, 9.17) is 11.6 Å². The van der Waals surface area contributed by atoms with Crippen LogP contribution < -0.4 is 10.9 Å². The summed E-state index contributed by atoms with van der Waals surface area (Å²) in [7, 11) is 0. The molecular formula is C20H16ClN3O4. The maximum atomic E-state index is 12.6. The highest BCUT2D eigenvalue weighted by molar-refractivity contribution is 6.34. The number of aryl methyl sites for hydroxylation is 1. The quantitative estimate of drug-likeness (QED) is 0.509. The number of halogens is 1. The van der Waals surface area contributed by atoms with Crippen LogP contribution >= 0.6 is 11.6 Å². The molecule has 0 bridgehead atoms. The summed E-state index contributed by atoms with van der Waals surface area (Å²) in [6, 6.07) is 9.01. The lowest BCUT2D eigenvalue weighted by molar-refractivity contribution is -0.384. The third-order valence-electron chi connectivity index (χ3n) is 5.00. The second kappa shape index (κ2) is 7.09. The number of nitro groups is 1. The Bertz CT molecular complexity index is 1190. The van der Waals surface area contributed by atoms with Crippen LogP contribution in [0.1, 0.15) is 34.3 Å². The topological polar surface area (TPSA) is 105 Å². The van der Waals surface area contributed by atoms with Gasteiger partial charge in [-0.2, -0.15) is 0 Å². The fraction of sp³-hybridized carbons (Fsp3) is 0.200. The van der Waals surface area contributed by atoms with Crippen LogP contribution in [0.2, 0.25) is 5.02 Å². The second-order valence-electron chi connectivity index (χ2n) is 6.75. The number of carbonyl (C=O) groups is 1. The van der Waals surface area contributed by atoms with Crippen molar-refractivity contribution in [3.05, 3.63) is 78.6 Å². The summed E-state index contributed by atoms with van der Waals surface area (Å²) in [4.78, 5) is 38.1. The average molecular weight is 398 g/mol. The minimum atomic E-state index is -0.586. The number of aromatic nitrogens is 1. The molecule has 1 heterocycles. The van der Waals surface area contributed by atoms with Gasteiger partial charge in [0.15, 0.2) is 0 Å². The van der Waals surface area contributed by atoms with Gasteiger partial charge in [-0.1, -0.05) is 17.7 Å². The molecule has 0 atom stereocenters. The molecule has 1 aliphatic carbocycles. The van der Waals surface area contributed by atoms with E-state index in [0.29, 0.717) is 11.2 Å². The van der Waals surface area contributed by atoms with Crippen LogP contribution in [-0.2, 0) is 12.8 Å². The molecule has 28 heavy (non-hydrogen) atoms. The molecule has 0 aliphatic heterocycles. The Morgan fingerprint density at radius 3 is 2.61 bits per heavy atom. The average Bonchev–Trinajstić information content (AvgIpc) is 2.68. The zero-order chi connectivity index (χ0) is 19.8. The SMILES string of the molecule is O=C(Nc1ccc2c3c(c(=O)[nH]c2c1)CCCC3)c1cc([N+](=O)[O-])ccc1Cl. The number of H-pyrrole nitrogens is 1. The van der Waals surface area contributed by atoms with Gasteiger partial charge in [0.25, 0.3) is 17.2 Å². The molecule has 0 saturated heterocycles. The van der Waals surface area contributed by atoms with Gasteiger partial charge in [0.1, 0.15) is 0 Å². The minimum absolute atomic E-state index is 0.00916. The number of fused-ring (bicyclic) bond motifs is 3. The molecule has 1 amide bonds. The Balaban J connectivity index is 1.69. The van der Waals surface area contributed by atoms with Crippen LogP contribution in [0, 0.1) is 10.1 Å². The van der Waals surface area contributed by atoms with E-state index in [9.17, 15) is 19.7 Å². The van der Waals surface area contributed by atoms with Gasteiger partial charge in [0, 0.05) is 28.8 Å². The Morgan fingerprint density at radius 1 is 1.11 bits per heavy atom. The highest BCUT2D eigenvalue weighted by Gasteiger charge is 2.18. The van der Waals surface area contributed by atoms with Crippen molar-refractivity contribution in [1.82, 2.24) is 4.98 Å². The van der Waals surface area contributed by atoms with Gasteiger partial charge in [0.2, 0.25) is 0 Å². The number of nitro benzene ring substituents is 1. The summed E-state index contributed by atoms with van der Waals surface area (Å²) in [5.74, 6) is -0.562. The smallest absolute Gasteiger partial charge is 0.270 e. The normalized spacial score (nSPS) is 13.2. The molecule has 1 aliphatic rings. The summed E-state index contributed by atoms with van der Waals surface area (Å²) < 4.78 is 0. The molecule has 0 radical (unpaired) electrons. The number of hydrogen-bond donors (Lipinski definition) is 2. The first-order valence-corrected chi connectivity index (χ1v) is 9.25.